The molecule has 2 N–H and O–H groups in total. The number of nitro benzene ring substituents is 1. The van der Waals surface area contributed by atoms with E-state index in [1.165, 1.54) is 18.6 Å². The van der Waals surface area contributed by atoms with Crippen LogP contribution in [0.4, 0.5) is 5.69 Å². The molecule has 1 unspecified atom stereocenters. The number of carbonyl (C=O) groups excluding carboxylic acids is 1. The summed E-state index contributed by atoms with van der Waals surface area (Å²) in [6.07, 6.45) is 4.83. The lowest BCUT2D eigenvalue weighted by Gasteiger charge is -2.26. The molecule has 2 rings (SSSR count). The van der Waals surface area contributed by atoms with Gasteiger partial charge in [-0.1, -0.05) is 30.9 Å². The lowest BCUT2D eigenvalue weighted by molar-refractivity contribution is -0.384. The minimum atomic E-state index is -0.569. The Morgan fingerprint density at radius 2 is 2.09 bits per heavy atom. The molecule has 0 radical (unpaired) electrons. The Hall–Kier alpha value is -1.66. The number of amides is 1. The molecule has 1 amide bonds. The van der Waals surface area contributed by atoms with E-state index >= 15 is 0 Å². The first-order valence-electron chi connectivity index (χ1n) is 7.39. The van der Waals surface area contributed by atoms with Crippen LogP contribution in [0.3, 0.4) is 0 Å². The zero-order chi connectivity index (χ0) is 16.1. The van der Waals surface area contributed by atoms with E-state index in [0.717, 1.165) is 31.7 Å². The lowest BCUT2D eigenvalue weighted by atomic mass is 9.85. The van der Waals surface area contributed by atoms with E-state index in [1.54, 1.807) is 0 Å². The predicted octanol–water partition coefficient (Wildman–Crippen LogP) is 2.92. The number of benzene rings is 1. The normalized spacial score (nSPS) is 17.0. The van der Waals surface area contributed by atoms with Gasteiger partial charge in [-0.05, 0) is 24.8 Å². The molecule has 22 heavy (non-hydrogen) atoms. The summed E-state index contributed by atoms with van der Waals surface area (Å²) >= 11 is 5.90. The van der Waals surface area contributed by atoms with Crippen LogP contribution >= 0.6 is 11.6 Å². The number of non-ortho nitro benzene ring substituents is 1. The standard InChI is InChI=1S/C15H19ClN2O4/c16-13-8-11(18(21)22)6-7-12(13)15(20)17-9-14(19)10-4-2-1-3-5-10/h6-8,10,14,19H,1-5,9H2,(H,17,20). The number of nitrogens with zero attached hydrogens (tertiary/aromatic N) is 1. The van der Waals surface area contributed by atoms with Crippen molar-refractivity contribution in [3.8, 4) is 0 Å². The molecular formula is C15H19ClN2O4. The average Bonchev–Trinajstić information content (AvgIpc) is 2.52. The van der Waals surface area contributed by atoms with Gasteiger partial charge in [-0.15, -0.1) is 0 Å². The Kier molecular flexibility index (Phi) is 5.74. The van der Waals surface area contributed by atoms with Gasteiger partial charge in [0.15, 0.2) is 0 Å². The van der Waals surface area contributed by atoms with E-state index in [-0.39, 0.29) is 28.7 Å². The number of halogens is 1. The molecule has 1 aliphatic carbocycles. The Labute approximate surface area is 133 Å². The molecule has 1 fully saturated rings. The fraction of sp³-hybridized carbons (Fsp3) is 0.533. The second-order valence-electron chi connectivity index (χ2n) is 5.60. The van der Waals surface area contributed by atoms with Crippen LogP contribution in [0.15, 0.2) is 18.2 Å². The Bertz CT molecular complexity index is 558. The maximum Gasteiger partial charge on any atom is 0.270 e. The highest BCUT2D eigenvalue weighted by atomic mass is 35.5. The van der Waals surface area contributed by atoms with E-state index in [9.17, 15) is 20.0 Å². The first-order chi connectivity index (χ1) is 10.5. The van der Waals surface area contributed by atoms with Crippen LogP contribution in [0.25, 0.3) is 0 Å². The van der Waals surface area contributed by atoms with Crippen molar-refractivity contribution in [1.29, 1.82) is 0 Å². The number of aliphatic hydroxyl groups is 1. The first kappa shape index (κ1) is 16.7. The minimum absolute atomic E-state index is 0.0267. The van der Waals surface area contributed by atoms with Crippen molar-refractivity contribution in [2.45, 2.75) is 38.2 Å². The number of aliphatic hydroxyl groups excluding tert-OH is 1. The Balaban J connectivity index is 1.93. The number of hydrogen-bond donors (Lipinski definition) is 2. The molecular weight excluding hydrogens is 308 g/mol. The van der Waals surface area contributed by atoms with Crippen molar-refractivity contribution in [2.24, 2.45) is 5.92 Å². The zero-order valence-corrected chi connectivity index (χ0v) is 12.9. The van der Waals surface area contributed by atoms with Crippen LogP contribution in [0.5, 0.6) is 0 Å². The lowest BCUT2D eigenvalue weighted by Crippen LogP contribution is -2.37. The van der Waals surface area contributed by atoms with Gasteiger partial charge in [0.25, 0.3) is 11.6 Å². The van der Waals surface area contributed by atoms with Gasteiger partial charge in [-0.3, -0.25) is 14.9 Å². The molecule has 0 heterocycles. The first-order valence-corrected chi connectivity index (χ1v) is 7.77. The van der Waals surface area contributed by atoms with E-state index < -0.39 is 16.9 Å². The summed E-state index contributed by atoms with van der Waals surface area (Å²) in [5.74, 6) is -0.212. The van der Waals surface area contributed by atoms with Gasteiger partial charge in [0, 0.05) is 18.7 Å². The molecule has 1 aromatic rings. The van der Waals surface area contributed by atoms with Crippen LogP contribution < -0.4 is 5.32 Å². The second kappa shape index (κ2) is 7.56. The summed E-state index contributed by atoms with van der Waals surface area (Å²) in [5, 5.41) is 23.4. The van der Waals surface area contributed by atoms with Crippen molar-refractivity contribution in [2.75, 3.05) is 6.54 Å². The van der Waals surface area contributed by atoms with Gasteiger partial charge in [0.2, 0.25) is 0 Å². The summed E-state index contributed by atoms with van der Waals surface area (Å²) in [6, 6.07) is 3.70. The van der Waals surface area contributed by atoms with Crippen LogP contribution in [0.1, 0.15) is 42.5 Å². The van der Waals surface area contributed by atoms with E-state index in [4.69, 9.17) is 11.6 Å². The third-order valence-electron chi connectivity index (χ3n) is 4.07. The van der Waals surface area contributed by atoms with Gasteiger partial charge >= 0.3 is 0 Å². The highest BCUT2D eigenvalue weighted by Gasteiger charge is 2.22. The number of nitrogens with one attached hydrogen (secondary N) is 1. The molecule has 1 saturated carbocycles. The number of carbonyl (C=O) groups is 1. The summed E-state index contributed by atoms with van der Waals surface area (Å²) in [4.78, 5) is 22.1. The quantitative estimate of drug-likeness (QED) is 0.642. The monoisotopic (exact) mass is 326 g/mol. The molecule has 0 spiro atoms. The topological polar surface area (TPSA) is 92.5 Å². The SMILES string of the molecule is O=C(NCC(O)C1CCCCC1)c1ccc([N+](=O)[O-])cc1Cl. The molecule has 120 valence electrons. The van der Waals surface area contributed by atoms with Crippen molar-refractivity contribution in [3.63, 3.8) is 0 Å². The van der Waals surface area contributed by atoms with Crippen molar-refractivity contribution in [1.82, 2.24) is 5.32 Å². The molecule has 0 aliphatic heterocycles. The third-order valence-corrected chi connectivity index (χ3v) is 4.39. The molecule has 0 bridgehead atoms. The Morgan fingerprint density at radius 3 is 2.68 bits per heavy atom. The summed E-state index contributed by atoms with van der Waals surface area (Å²) in [7, 11) is 0. The van der Waals surface area contributed by atoms with E-state index in [2.05, 4.69) is 5.32 Å². The fourth-order valence-corrected chi connectivity index (χ4v) is 3.04. The van der Waals surface area contributed by atoms with Crippen LogP contribution in [0.2, 0.25) is 5.02 Å². The van der Waals surface area contributed by atoms with Crippen molar-refractivity contribution >= 4 is 23.2 Å². The van der Waals surface area contributed by atoms with Crippen molar-refractivity contribution in [3.05, 3.63) is 38.9 Å². The van der Waals surface area contributed by atoms with Crippen LogP contribution in [-0.2, 0) is 0 Å². The highest BCUT2D eigenvalue weighted by Crippen LogP contribution is 2.26. The number of rotatable bonds is 5. The molecule has 0 aromatic heterocycles. The molecule has 1 aromatic carbocycles. The zero-order valence-electron chi connectivity index (χ0n) is 12.1. The third kappa shape index (κ3) is 4.18. The van der Waals surface area contributed by atoms with Gasteiger partial charge < -0.3 is 10.4 Å². The number of nitro groups is 1. The smallest absolute Gasteiger partial charge is 0.270 e. The maximum absolute atomic E-state index is 12.1. The van der Waals surface area contributed by atoms with Gasteiger partial charge in [0.05, 0.1) is 21.6 Å². The Morgan fingerprint density at radius 1 is 1.41 bits per heavy atom. The van der Waals surface area contributed by atoms with Crippen LogP contribution in [-0.4, -0.2) is 28.6 Å². The summed E-state index contributed by atoms with van der Waals surface area (Å²) in [6.45, 7) is 0.164. The largest absolute Gasteiger partial charge is 0.391 e. The van der Waals surface area contributed by atoms with Gasteiger partial charge in [0.1, 0.15) is 0 Å². The second-order valence-corrected chi connectivity index (χ2v) is 6.00. The fourth-order valence-electron chi connectivity index (χ4n) is 2.78. The molecule has 1 aliphatic rings. The van der Waals surface area contributed by atoms with E-state index in [1.807, 2.05) is 0 Å². The van der Waals surface area contributed by atoms with Gasteiger partial charge in [-0.25, -0.2) is 0 Å². The summed E-state index contributed by atoms with van der Waals surface area (Å²) < 4.78 is 0. The molecule has 7 heteroatoms. The average molecular weight is 327 g/mol. The minimum Gasteiger partial charge on any atom is -0.391 e. The van der Waals surface area contributed by atoms with Crippen LogP contribution in [0, 0.1) is 16.0 Å². The highest BCUT2D eigenvalue weighted by molar-refractivity contribution is 6.34. The van der Waals surface area contributed by atoms with Crippen molar-refractivity contribution < 1.29 is 14.8 Å². The van der Waals surface area contributed by atoms with E-state index in [0.29, 0.717) is 0 Å². The summed E-state index contributed by atoms with van der Waals surface area (Å²) in [5.41, 5.74) is 0.00639. The number of hydrogen-bond acceptors (Lipinski definition) is 4. The maximum atomic E-state index is 12.1. The predicted molar refractivity (Wildman–Crippen MR) is 83.0 cm³/mol. The molecule has 0 saturated heterocycles. The van der Waals surface area contributed by atoms with Gasteiger partial charge in [-0.2, -0.15) is 0 Å². The molecule has 1 atom stereocenters. The molecule has 6 nitrogen and oxygen atoms in total.